The second-order valence-electron chi connectivity index (χ2n) is 3.64. The molecule has 0 amide bonds. The number of benzene rings is 1. The molecular formula is C11H11BrF5N. The molecule has 102 valence electrons. The molecule has 0 saturated carbocycles. The van der Waals surface area contributed by atoms with Crippen LogP contribution in [0.4, 0.5) is 22.0 Å². The molecule has 1 N–H and O–H groups in total. The highest BCUT2D eigenvalue weighted by Gasteiger charge is 2.49. The van der Waals surface area contributed by atoms with Gasteiger partial charge >= 0.3 is 12.3 Å². The van der Waals surface area contributed by atoms with E-state index >= 15 is 0 Å². The second-order valence-corrected chi connectivity index (χ2v) is 4.49. The first kappa shape index (κ1) is 15.4. The van der Waals surface area contributed by atoms with Gasteiger partial charge in [-0.15, -0.1) is 0 Å². The lowest BCUT2D eigenvalue weighted by Crippen LogP contribution is -2.42. The molecule has 7 heteroatoms. The minimum absolute atomic E-state index is 0.0482. The van der Waals surface area contributed by atoms with Crippen LogP contribution in [0.2, 0.25) is 0 Å². The van der Waals surface area contributed by atoms with Crippen molar-refractivity contribution >= 4 is 15.9 Å². The van der Waals surface area contributed by atoms with Crippen molar-refractivity contribution in [2.24, 2.45) is 0 Å². The third-order valence-corrected chi connectivity index (χ3v) is 2.97. The third kappa shape index (κ3) is 3.20. The Morgan fingerprint density at radius 2 is 1.94 bits per heavy atom. The summed E-state index contributed by atoms with van der Waals surface area (Å²) in [7, 11) is 0. The van der Waals surface area contributed by atoms with Gasteiger partial charge in [0.15, 0.2) is 0 Å². The second kappa shape index (κ2) is 5.97. The van der Waals surface area contributed by atoms with Crippen molar-refractivity contribution in [3.05, 3.63) is 34.1 Å². The zero-order valence-corrected chi connectivity index (χ0v) is 10.9. The van der Waals surface area contributed by atoms with Gasteiger partial charge in [0.1, 0.15) is 11.9 Å². The molecule has 0 bridgehead atoms. The highest BCUT2D eigenvalue weighted by atomic mass is 79.9. The molecule has 0 aliphatic carbocycles. The smallest absolute Gasteiger partial charge is 0.305 e. The summed E-state index contributed by atoms with van der Waals surface area (Å²) in [6.07, 6.45) is -3.80. The highest BCUT2D eigenvalue weighted by molar-refractivity contribution is 9.10. The van der Waals surface area contributed by atoms with Gasteiger partial charge in [-0.1, -0.05) is 13.0 Å². The quantitative estimate of drug-likeness (QED) is 0.799. The van der Waals surface area contributed by atoms with Crippen molar-refractivity contribution in [1.29, 1.82) is 0 Å². The lowest BCUT2D eigenvalue weighted by Gasteiger charge is -2.27. The molecule has 1 nitrogen and oxygen atoms in total. The number of alkyl halides is 4. The largest absolute Gasteiger partial charge is 0.326 e. The van der Waals surface area contributed by atoms with Gasteiger partial charge in [0, 0.05) is 0 Å². The molecular weight excluding hydrogens is 321 g/mol. The molecule has 0 radical (unpaired) electrons. The topological polar surface area (TPSA) is 12.0 Å². The van der Waals surface area contributed by atoms with Crippen LogP contribution in [-0.4, -0.2) is 18.9 Å². The SMILES string of the molecule is CCNC(c1ccc(F)c(Br)c1)C(F)(F)C(F)F. The Hall–Kier alpha value is -0.690. The Balaban J connectivity index is 3.15. The molecule has 0 aromatic heterocycles. The Morgan fingerprint density at radius 1 is 1.33 bits per heavy atom. The van der Waals surface area contributed by atoms with Gasteiger partial charge in [-0.05, 0) is 40.2 Å². The van der Waals surface area contributed by atoms with Crippen LogP contribution in [-0.2, 0) is 0 Å². The summed E-state index contributed by atoms with van der Waals surface area (Å²) in [6.45, 7) is 1.61. The number of hydrogen-bond donors (Lipinski definition) is 1. The van der Waals surface area contributed by atoms with Gasteiger partial charge < -0.3 is 5.32 Å². The zero-order valence-electron chi connectivity index (χ0n) is 9.36. The fraction of sp³-hybridized carbons (Fsp3) is 0.455. The fourth-order valence-electron chi connectivity index (χ4n) is 1.50. The summed E-state index contributed by atoms with van der Waals surface area (Å²) in [5, 5.41) is 2.29. The zero-order chi connectivity index (χ0) is 13.9. The fourth-order valence-corrected chi connectivity index (χ4v) is 1.89. The standard InChI is InChI=1S/C11H11BrF5N/c1-2-18-9(11(16,17)10(14)15)6-3-4-8(13)7(12)5-6/h3-5,9-10,18H,2H2,1H3. The van der Waals surface area contributed by atoms with Crippen molar-refractivity contribution in [3.63, 3.8) is 0 Å². The van der Waals surface area contributed by atoms with E-state index in [4.69, 9.17) is 0 Å². The summed E-state index contributed by atoms with van der Waals surface area (Å²) >= 11 is 2.83. The van der Waals surface area contributed by atoms with E-state index in [0.717, 1.165) is 18.2 Å². The van der Waals surface area contributed by atoms with Crippen molar-refractivity contribution < 1.29 is 22.0 Å². The number of rotatable bonds is 5. The van der Waals surface area contributed by atoms with Gasteiger partial charge in [0.05, 0.1) is 4.47 Å². The molecule has 18 heavy (non-hydrogen) atoms. The van der Waals surface area contributed by atoms with Crippen LogP contribution >= 0.6 is 15.9 Å². The number of nitrogens with one attached hydrogen (secondary N) is 1. The Morgan fingerprint density at radius 3 is 2.39 bits per heavy atom. The van der Waals surface area contributed by atoms with E-state index in [0.29, 0.717) is 0 Å². The molecule has 0 saturated heterocycles. The van der Waals surface area contributed by atoms with Gasteiger partial charge in [0.2, 0.25) is 0 Å². The molecule has 1 unspecified atom stereocenters. The average Bonchev–Trinajstić information content (AvgIpc) is 2.29. The van der Waals surface area contributed by atoms with Gasteiger partial charge in [-0.2, -0.15) is 8.78 Å². The molecule has 0 heterocycles. The van der Waals surface area contributed by atoms with Crippen LogP contribution in [0.3, 0.4) is 0 Å². The molecule has 0 aliphatic rings. The minimum atomic E-state index is -4.23. The maximum absolute atomic E-state index is 13.4. The number of halogens is 6. The van der Waals surface area contributed by atoms with Crippen molar-refractivity contribution in [3.8, 4) is 0 Å². The van der Waals surface area contributed by atoms with E-state index < -0.39 is 24.2 Å². The molecule has 0 fully saturated rings. The molecule has 0 aliphatic heterocycles. The molecule has 1 aromatic carbocycles. The van der Waals surface area contributed by atoms with Crippen molar-refractivity contribution in [1.82, 2.24) is 5.32 Å². The van der Waals surface area contributed by atoms with E-state index in [2.05, 4.69) is 21.2 Å². The first-order chi connectivity index (χ1) is 8.30. The van der Waals surface area contributed by atoms with Gasteiger partial charge in [0.25, 0.3) is 0 Å². The Bertz CT molecular complexity index is 410. The Labute approximate surface area is 110 Å². The molecule has 0 spiro atoms. The van der Waals surface area contributed by atoms with Crippen LogP contribution < -0.4 is 5.32 Å². The molecule has 1 rings (SSSR count). The summed E-state index contributed by atoms with van der Waals surface area (Å²) in [5.41, 5.74) is -0.101. The summed E-state index contributed by atoms with van der Waals surface area (Å²) < 4.78 is 64.5. The summed E-state index contributed by atoms with van der Waals surface area (Å²) in [6, 6.07) is 1.22. The van der Waals surface area contributed by atoms with Crippen LogP contribution in [0, 0.1) is 5.82 Å². The van der Waals surface area contributed by atoms with Crippen LogP contribution in [0.1, 0.15) is 18.5 Å². The van der Waals surface area contributed by atoms with Crippen molar-refractivity contribution in [2.45, 2.75) is 25.3 Å². The van der Waals surface area contributed by atoms with E-state index in [1.54, 1.807) is 0 Å². The van der Waals surface area contributed by atoms with Crippen LogP contribution in [0.5, 0.6) is 0 Å². The normalized spacial score (nSPS) is 14.0. The van der Waals surface area contributed by atoms with Gasteiger partial charge in [-0.3, -0.25) is 0 Å². The predicted octanol–water partition coefficient (Wildman–Crippen LogP) is 4.14. The maximum Gasteiger partial charge on any atom is 0.326 e. The lowest BCUT2D eigenvalue weighted by atomic mass is 10.0. The van der Waals surface area contributed by atoms with Crippen LogP contribution in [0.25, 0.3) is 0 Å². The minimum Gasteiger partial charge on any atom is -0.305 e. The van der Waals surface area contributed by atoms with Crippen molar-refractivity contribution in [2.75, 3.05) is 6.54 Å². The Kier molecular flexibility index (Phi) is 5.10. The summed E-state index contributed by atoms with van der Waals surface area (Å²) in [4.78, 5) is 0. The van der Waals surface area contributed by atoms with E-state index in [1.165, 1.54) is 6.92 Å². The van der Waals surface area contributed by atoms with E-state index in [-0.39, 0.29) is 16.6 Å². The third-order valence-electron chi connectivity index (χ3n) is 2.36. The first-order valence-electron chi connectivity index (χ1n) is 5.15. The monoisotopic (exact) mass is 331 g/mol. The highest BCUT2D eigenvalue weighted by Crippen LogP contribution is 2.37. The maximum atomic E-state index is 13.4. The van der Waals surface area contributed by atoms with E-state index in [1.807, 2.05) is 0 Å². The first-order valence-corrected chi connectivity index (χ1v) is 5.94. The van der Waals surface area contributed by atoms with Gasteiger partial charge in [-0.25, -0.2) is 13.2 Å². The average molecular weight is 332 g/mol. The number of hydrogen-bond acceptors (Lipinski definition) is 1. The predicted molar refractivity (Wildman–Crippen MR) is 61.5 cm³/mol. The lowest BCUT2D eigenvalue weighted by molar-refractivity contribution is -0.151. The molecule has 1 atom stereocenters. The molecule has 1 aromatic rings. The van der Waals surface area contributed by atoms with Crippen LogP contribution in [0.15, 0.2) is 22.7 Å². The van der Waals surface area contributed by atoms with E-state index in [9.17, 15) is 22.0 Å². The summed E-state index contributed by atoms with van der Waals surface area (Å²) in [5.74, 6) is -4.87.